The van der Waals surface area contributed by atoms with Crippen molar-refractivity contribution >= 4 is 15.2 Å². The Labute approximate surface area is 80.3 Å². The Morgan fingerprint density at radius 1 is 1.07 bits per heavy atom. The zero-order valence-corrected chi connectivity index (χ0v) is 8.93. The molecular weight excluding hydrogens is 236 g/mol. The van der Waals surface area contributed by atoms with E-state index in [1.807, 2.05) is 0 Å². The van der Waals surface area contributed by atoms with Crippen molar-refractivity contribution < 1.29 is 33.8 Å². The topological polar surface area (TPSA) is 147 Å². The van der Waals surface area contributed by atoms with E-state index in [0.717, 1.165) is 0 Å². The Hall–Kier alpha value is 0.220. The smallest absolute Gasteiger partial charge is 0.342 e. The fourth-order valence-corrected chi connectivity index (χ4v) is 3.05. The first-order valence-corrected chi connectivity index (χ1v) is 6.98. The molecular formula is C4H13NO7P2. The van der Waals surface area contributed by atoms with Gasteiger partial charge in [-0.25, -0.2) is 0 Å². The summed E-state index contributed by atoms with van der Waals surface area (Å²) in [7, 11) is -9.69. The third kappa shape index (κ3) is 5.19. The highest BCUT2D eigenvalue weighted by molar-refractivity contribution is 7.70. The minimum Gasteiger partial charge on any atom is -0.395 e. The first kappa shape index (κ1) is 14.2. The Kier molecular flexibility index (Phi) is 5.43. The van der Waals surface area contributed by atoms with Crippen LogP contribution in [0.2, 0.25) is 0 Å². The van der Waals surface area contributed by atoms with Gasteiger partial charge in [-0.3, -0.25) is 9.13 Å². The van der Waals surface area contributed by atoms with Crippen LogP contribution in [0, 0.1) is 0 Å². The Morgan fingerprint density at radius 3 is 1.79 bits per heavy atom. The largest absolute Gasteiger partial charge is 0.395 e. The number of rotatable bonds is 6. The van der Waals surface area contributed by atoms with E-state index >= 15 is 0 Å². The Bertz CT molecular complexity index is 234. The first-order valence-electron chi connectivity index (χ1n) is 3.61. The number of nitrogens with one attached hydrogen (secondary N) is 1. The molecule has 86 valence electrons. The quantitative estimate of drug-likeness (QED) is 0.240. The molecule has 0 saturated carbocycles. The van der Waals surface area contributed by atoms with Crippen LogP contribution in [0.4, 0.5) is 0 Å². The van der Waals surface area contributed by atoms with Gasteiger partial charge >= 0.3 is 15.2 Å². The van der Waals surface area contributed by atoms with Gasteiger partial charge in [0.1, 0.15) is 0 Å². The second-order valence-corrected chi connectivity index (χ2v) is 6.60. The SMILES string of the molecule is O=P(O)(O)C(CNCCO)P(=O)(O)O. The van der Waals surface area contributed by atoms with Crippen LogP contribution in [0.25, 0.3) is 0 Å². The highest BCUT2D eigenvalue weighted by atomic mass is 31.2. The molecule has 0 aliphatic heterocycles. The van der Waals surface area contributed by atoms with E-state index in [4.69, 9.17) is 24.7 Å². The van der Waals surface area contributed by atoms with E-state index in [0.29, 0.717) is 0 Å². The normalized spacial score (nSPS) is 13.6. The van der Waals surface area contributed by atoms with Gasteiger partial charge in [0.05, 0.1) is 6.61 Å². The fourth-order valence-electron chi connectivity index (χ4n) is 0.744. The van der Waals surface area contributed by atoms with Crippen LogP contribution in [0.15, 0.2) is 0 Å². The third-order valence-corrected chi connectivity index (χ3v) is 5.12. The van der Waals surface area contributed by atoms with E-state index in [-0.39, 0.29) is 13.2 Å². The average molecular weight is 249 g/mol. The van der Waals surface area contributed by atoms with Gasteiger partial charge in [0.2, 0.25) is 0 Å². The molecule has 0 spiro atoms. The molecule has 0 aromatic rings. The molecule has 0 bridgehead atoms. The van der Waals surface area contributed by atoms with Crippen LogP contribution in [0.3, 0.4) is 0 Å². The van der Waals surface area contributed by atoms with E-state index < -0.39 is 27.1 Å². The third-order valence-electron chi connectivity index (χ3n) is 1.39. The molecule has 6 N–H and O–H groups in total. The van der Waals surface area contributed by atoms with Gasteiger partial charge in [0, 0.05) is 13.1 Å². The molecule has 0 saturated heterocycles. The van der Waals surface area contributed by atoms with E-state index in [1.54, 1.807) is 0 Å². The molecule has 8 nitrogen and oxygen atoms in total. The summed E-state index contributed by atoms with van der Waals surface area (Å²) in [6.07, 6.45) is 0. The maximum atomic E-state index is 10.7. The van der Waals surface area contributed by atoms with Gasteiger partial charge in [-0.1, -0.05) is 0 Å². The van der Waals surface area contributed by atoms with Crippen molar-refractivity contribution in [3.8, 4) is 0 Å². The van der Waals surface area contributed by atoms with Crippen molar-refractivity contribution in [2.24, 2.45) is 0 Å². The molecule has 0 aliphatic rings. The highest BCUT2D eigenvalue weighted by Crippen LogP contribution is 2.59. The van der Waals surface area contributed by atoms with Gasteiger partial charge in [0.25, 0.3) is 0 Å². The molecule has 0 fully saturated rings. The molecule has 0 rings (SSSR count). The van der Waals surface area contributed by atoms with Crippen molar-refractivity contribution in [1.82, 2.24) is 5.32 Å². The van der Waals surface area contributed by atoms with E-state index in [2.05, 4.69) is 5.32 Å². The summed E-state index contributed by atoms with van der Waals surface area (Å²) in [6, 6.07) is 0. The monoisotopic (exact) mass is 249 g/mol. The summed E-state index contributed by atoms with van der Waals surface area (Å²) in [4.78, 5) is 34.5. The molecule has 0 unspecified atom stereocenters. The predicted octanol–water partition coefficient (Wildman–Crippen LogP) is -1.75. The first-order chi connectivity index (χ1) is 6.19. The summed E-state index contributed by atoms with van der Waals surface area (Å²) < 4.78 is 21.3. The number of hydrogen-bond acceptors (Lipinski definition) is 4. The zero-order chi connectivity index (χ0) is 11.4. The fraction of sp³-hybridized carbons (Fsp3) is 1.00. The zero-order valence-electron chi connectivity index (χ0n) is 7.15. The predicted molar refractivity (Wildman–Crippen MR) is 47.8 cm³/mol. The van der Waals surface area contributed by atoms with Crippen molar-refractivity contribution in [2.45, 2.75) is 5.40 Å². The number of hydrogen-bond donors (Lipinski definition) is 6. The van der Waals surface area contributed by atoms with Gasteiger partial charge in [0.15, 0.2) is 5.40 Å². The van der Waals surface area contributed by atoms with Gasteiger partial charge < -0.3 is 30.0 Å². The van der Waals surface area contributed by atoms with Crippen LogP contribution < -0.4 is 5.32 Å². The van der Waals surface area contributed by atoms with Crippen LogP contribution in [0.1, 0.15) is 0 Å². The minimum absolute atomic E-state index is 0.0104. The number of aliphatic hydroxyl groups is 1. The Balaban J connectivity index is 4.45. The maximum absolute atomic E-state index is 10.7. The van der Waals surface area contributed by atoms with Crippen molar-refractivity contribution in [3.63, 3.8) is 0 Å². The van der Waals surface area contributed by atoms with Gasteiger partial charge in [-0.05, 0) is 0 Å². The van der Waals surface area contributed by atoms with Gasteiger partial charge in [-0.2, -0.15) is 0 Å². The summed E-state index contributed by atoms with van der Waals surface area (Å²) in [5, 5.41) is 8.59. The van der Waals surface area contributed by atoms with Crippen LogP contribution in [-0.4, -0.2) is 49.8 Å². The molecule has 0 aliphatic carbocycles. The summed E-state index contributed by atoms with van der Waals surface area (Å²) >= 11 is 0. The number of aliphatic hydroxyl groups excluding tert-OH is 1. The van der Waals surface area contributed by atoms with Crippen molar-refractivity contribution in [1.29, 1.82) is 0 Å². The minimum atomic E-state index is -4.84. The molecule has 0 atom stereocenters. The molecule has 0 radical (unpaired) electrons. The van der Waals surface area contributed by atoms with E-state index in [1.165, 1.54) is 0 Å². The lowest BCUT2D eigenvalue weighted by atomic mass is 10.6. The summed E-state index contributed by atoms with van der Waals surface area (Å²) in [5.74, 6) is 0. The van der Waals surface area contributed by atoms with Crippen molar-refractivity contribution in [2.75, 3.05) is 19.7 Å². The van der Waals surface area contributed by atoms with Crippen LogP contribution >= 0.6 is 15.2 Å². The van der Waals surface area contributed by atoms with Gasteiger partial charge in [-0.15, -0.1) is 0 Å². The van der Waals surface area contributed by atoms with Crippen molar-refractivity contribution in [3.05, 3.63) is 0 Å². The lowest BCUT2D eigenvalue weighted by molar-refractivity contribution is 0.289. The van der Waals surface area contributed by atoms with Crippen LogP contribution in [-0.2, 0) is 9.13 Å². The highest BCUT2D eigenvalue weighted by Gasteiger charge is 2.42. The maximum Gasteiger partial charge on any atom is 0.342 e. The lowest BCUT2D eigenvalue weighted by Gasteiger charge is -2.19. The second kappa shape index (κ2) is 5.34. The lowest BCUT2D eigenvalue weighted by Crippen LogP contribution is -2.29. The molecule has 0 amide bonds. The molecule has 14 heavy (non-hydrogen) atoms. The summed E-state index contributed by atoms with van der Waals surface area (Å²) in [5.41, 5.74) is 0. The summed E-state index contributed by atoms with van der Waals surface area (Å²) in [6.45, 7) is -0.819. The molecule has 0 heterocycles. The second-order valence-electron chi connectivity index (χ2n) is 2.59. The average Bonchev–Trinajstić information content (AvgIpc) is 1.92. The Morgan fingerprint density at radius 2 is 1.50 bits per heavy atom. The standard InChI is InChI=1S/C4H13NO7P2/c6-2-1-5-3-4(13(7,8)9)14(10,11)12/h4-6H,1-3H2,(H2,7,8,9)(H2,10,11,12). The molecule has 0 aromatic heterocycles. The van der Waals surface area contributed by atoms with E-state index in [9.17, 15) is 9.13 Å². The molecule has 10 heteroatoms. The molecule has 0 aromatic carbocycles. The van der Waals surface area contributed by atoms with Crippen LogP contribution in [0.5, 0.6) is 0 Å².